The third-order valence-electron chi connectivity index (χ3n) is 7.89. The lowest BCUT2D eigenvalue weighted by Gasteiger charge is -2.24. The van der Waals surface area contributed by atoms with E-state index in [1.54, 1.807) is 31.3 Å². The van der Waals surface area contributed by atoms with Gasteiger partial charge in [0, 0.05) is 31.9 Å². The highest BCUT2D eigenvalue weighted by molar-refractivity contribution is 5.97. The van der Waals surface area contributed by atoms with Crippen LogP contribution >= 0.6 is 0 Å². The van der Waals surface area contributed by atoms with Crippen molar-refractivity contribution in [1.29, 1.82) is 0 Å². The molecule has 2 atom stereocenters. The van der Waals surface area contributed by atoms with Crippen LogP contribution in [0.3, 0.4) is 0 Å². The molecule has 1 aromatic rings. The number of nitrogens with zero attached hydrogens (tertiary/aromatic N) is 2. The first-order valence-electron chi connectivity index (χ1n) is 17.9. The Bertz CT molecular complexity index is 1350. The molecule has 0 spiro atoms. The minimum atomic E-state index is -1.24. The van der Waals surface area contributed by atoms with Crippen LogP contribution in [0.1, 0.15) is 38.7 Å². The van der Waals surface area contributed by atoms with Crippen LogP contribution in [-0.2, 0) is 49.6 Å². The highest BCUT2D eigenvalue weighted by atomic mass is 16.5. The number of carbonyl (C=O) groups excluding carboxylic acids is 4. The average Bonchev–Trinajstić information content (AvgIpc) is 3.10. The quantitative estimate of drug-likeness (QED) is 0.0373. The largest absolute Gasteiger partial charge is 0.480 e. The van der Waals surface area contributed by atoms with Gasteiger partial charge < -0.3 is 56.5 Å². The molecule has 0 aliphatic carbocycles. The van der Waals surface area contributed by atoms with E-state index in [-0.39, 0.29) is 82.9 Å². The van der Waals surface area contributed by atoms with Crippen molar-refractivity contribution in [1.82, 2.24) is 31.1 Å². The zero-order chi connectivity index (χ0) is 41.2. The van der Waals surface area contributed by atoms with Gasteiger partial charge >= 0.3 is 17.9 Å². The van der Waals surface area contributed by atoms with Gasteiger partial charge in [-0.15, -0.1) is 0 Å². The number of aliphatic carboxylic acids is 3. The van der Waals surface area contributed by atoms with Crippen molar-refractivity contribution in [3.63, 3.8) is 0 Å². The first kappa shape index (κ1) is 48.3. The van der Waals surface area contributed by atoms with Gasteiger partial charge in [-0.05, 0) is 49.9 Å². The monoisotopic (exact) mass is 783 g/mol. The van der Waals surface area contributed by atoms with Gasteiger partial charge in [0.25, 0.3) is 0 Å². The van der Waals surface area contributed by atoms with Crippen LogP contribution in [-0.4, -0.2) is 170 Å². The molecule has 1 aromatic carbocycles. The molecule has 9 N–H and O–H groups in total. The fourth-order valence-electron chi connectivity index (χ4n) is 5.16. The lowest BCUT2D eigenvalue weighted by Crippen LogP contribution is -2.52. The van der Waals surface area contributed by atoms with Crippen LogP contribution in [0.2, 0.25) is 0 Å². The fourth-order valence-corrected chi connectivity index (χ4v) is 5.16. The van der Waals surface area contributed by atoms with Crippen molar-refractivity contribution in [2.45, 2.75) is 51.8 Å². The molecule has 20 nitrogen and oxygen atoms in total. The predicted molar refractivity (Wildman–Crippen MR) is 198 cm³/mol. The maximum Gasteiger partial charge on any atom is 0.317 e. The zero-order valence-electron chi connectivity index (χ0n) is 31.7. The topological polar surface area (TPSA) is 285 Å². The molecule has 0 saturated carbocycles. The second kappa shape index (κ2) is 27.8. The molecule has 310 valence electrons. The molecule has 0 aliphatic heterocycles. The second-order valence-electron chi connectivity index (χ2n) is 12.9. The smallest absolute Gasteiger partial charge is 0.317 e. The third-order valence-corrected chi connectivity index (χ3v) is 7.89. The number of benzene rings is 1. The molecule has 0 radical (unpaired) electrons. The van der Waals surface area contributed by atoms with Gasteiger partial charge in [0.2, 0.25) is 23.6 Å². The standard InChI is InChI=1S/C35H57N7O13/c1-24(2)33(36-3)35(53)40-27(34(52)39-26-9-7-25(22-43)8-10-26)6-4-5-11-37-29(45)23-55-17-16-54-15-12-38-28(44)18-41(19-30(46)47)13-14-42(20-31(48)49)21-32(50)51/h7-10,24,27,33,36,43H,4-6,11-23H2,1-3H3,(H,37,45)(H,38,44)(H,39,52)(H,40,53)(H,46,47)(H,48,49)(H,50,51)/t27-,33-/m0/s1. The summed E-state index contributed by atoms with van der Waals surface area (Å²) >= 11 is 0. The third kappa shape index (κ3) is 22.9. The van der Waals surface area contributed by atoms with E-state index in [1.165, 1.54) is 4.90 Å². The molecule has 4 amide bonds. The van der Waals surface area contributed by atoms with Crippen molar-refractivity contribution in [2.24, 2.45) is 5.92 Å². The van der Waals surface area contributed by atoms with E-state index < -0.39 is 55.5 Å². The number of ether oxygens (including phenoxy) is 2. The minimum Gasteiger partial charge on any atom is -0.480 e. The average molecular weight is 784 g/mol. The number of carbonyl (C=O) groups is 7. The van der Waals surface area contributed by atoms with Crippen LogP contribution in [0.15, 0.2) is 24.3 Å². The Labute approximate surface area is 320 Å². The van der Waals surface area contributed by atoms with Crippen LogP contribution in [0.5, 0.6) is 0 Å². The summed E-state index contributed by atoms with van der Waals surface area (Å²) < 4.78 is 10.7. The number of hydrogen-bond acceptors (Lipinski definition) is 13. The van der Waals surface area contributed by atoms with E-state index in [9.17, 15) is 38.7 Å². The highest BCUT2D eigenvalue weighted by Crippen LogP contribution is 2.12. The van der Waals surface area contributed by atoms with Gasteiger partial charge in [0.05, 0.1) is 58.6 Å². The van der Waals surface area contributed by atoms with Crippen LogP contribution in [0.4, 0.5) is 5.69 Å². The highest BCUT2D eigenvalue weighted by Gasteiger charge is 2.26. The summed E-state index contributed by atoms with van der Waals surface area (Å²) in [6, 6.07) is 5.40. The van der Waals surface area contributed by atoms with Crippen molar-refractivity contribution >= 4 is 47.2 Å². The predicted octanol–water partition coefficient (Wildman–Crippen LogP) is -1.86. The number of aliphatic hydroxyl groups is 1. The maximum atomic E-state index is 13.1. The Morgan fingerprint density at radius 3 is 1.82 bits per heavy atom. The lowest BCUT2D eigenvalue weighted by atomic mass is 10.0. The molecule has 0 aromatic heterocycles. The Morgan fingerprint density at radius 1 is 0.709 bits per heavy atom. The molecule has 0 fully saturated rings. The van der Waals surface area contributed by atoms with Crippen LogP contribution < -0.4 is 26.6 Å². The summed E-state index contributed by atoms with van der Waals surface area (Å²) in [7, 11) is 1.68. The number of amides is 4. The van der Waals surface area contributed by atoms with Gasteiger partial charge in [-0.3, -0.25) is 43.4 Å². The summed E-state index contributed by atoms with van der Waals surface area (Å²) in [5.41, 5.74) is 1.22. The fraction of sp³-hybridized carbons (Fsp3) is 0.629. The molecule has 0 saturated heterocycles. The second-order valence-corrected chi connectivity index (χ2v) is 12.9. The summed E-state index contributed by atoms with van der Waals surface area (Å²) in [6.45, 7) is 2.12. The van der Waals surface area contributed by atoms with E-state index in [0.29, 0.717) is 37.1 Å². The van der Waals surface area contributed by atoms with E-state index in [0.717, 1.165) is 4.90 Å². The van der Waals surface area contributed by atoms with Gasteiger partial charge in [-0.2, -0.15) is 0 Å². The number of nitrogens with one attached hydrogen (secondary N) is 5. The van der Waals surface area contributed by atoms with Gasteiger partial charge in [0.1, 0.15) is 12.6 Å². The molecule has 55 heavy (non-hydrogen) atoms. The van der Waals surface area contributed by atoms with Gasteiger partial charge in [0.15, 0.2) is 0 Å². The number of anilines is 1. The Morgan fingerprint density at radius 2 is 1.27 bits per heavy atom. The SMILES string of the molecule is CN[C@H](C(=O)N[C@@H](CCCCNC(=O)COCCOCCNC(=O)CN(CCN(CC(=O)O)CC(=O)O)CC(=O)O)C(=O)Nc1ccc(CO)cc1)C(C)C. The Balaban J connectivity index is 2.35. The molecule has 0 aliphatic rings. The summed E-state index contributed by atoms with van der Waals surface area (Å²) in [6.07, 6.45) is 1.38. The van der Waals surface area contributed by atoms with Crippen molar-refractivity contribution < 1.29 is 63.5 Å². The Hall–Kier alpha value is -4.73. The van der Waals surface area contributed by atoms with Crippen molar-refractivity contribution in [3.05, 3.63) is 29.8 Å². The minimum absolute atomic E-state index is 0.00779. The lowest BCUT2D eigenvalue weighted by molar-refractivity contribution is -0.143. The number of carboxylic acids is 3. The van der Waals surface area contributed by atoms with Crippen molar-refractivity contribution in [2.75, 3.05) is 91.2 Å². The first-order valence-corrected chi connectivity index (χ1v) is 17.9. The normalized spacial score (nSPS) is 12.3. The number of carboxylic acid groups (broad SMARTS) is 3. The van der Waals surface area contributed by atoms with Gasteiger partial charge in [-0.25, -0.2) is 0 Å². The van der Waals surface area contributed by atoms with E-state index >= 15 is 0 Å². The first-order chi connectivity index (χ1) is 26.1. The molecule has 20 heteroatoms. The molecule has 0 unspecified atom stereocenters. The van der Waals surface area contributed by atoms with Crippen molar-refractivity contribution in [3.8, 4) is 0 Å². The summed E-state index contributed by atoms with van der Waals surface area (Å²) in [5.74, 6) is -5.26. The summed E-state index contributed by atoms with van der Waals surface area (Å²) in [5, 5.41) is 50.2. The molecular formula is C35H57N7O13. The molecular weight excluding hydrogens is 726 g/mol. The van der Waals surface area contributed by atoms with E-state index in [2.05, 4.69) is 26.6 Å². The maximum absolute atomic E-state index is 13.1. The zero-order valence-corrected chi connectivity index (χ0v) is 31.7. The number of rotatable bonds is 31. The molecule has 1 rings (SSSR count). The van der Waals surface area contributed by atoms with Crippen LogP contribution in [0, 0.1) is 5.92 Å². The number of likely N-dealkylation sites (N-methyl/N-ethyl adjacent to an activating group) is 1. The Kier molecular flexibility index (Phi) is 24.4. The van der Waals surface area contributed by atoms with E-state index in [1.807, 2.05) is 13.8 Å². The number of hydrogen-bond donors (Lipinski definition) is 9. The van der Waals surface area contributed by atoms with Gasteiger partial charge in [-0.1, -0.05) is 26.0 Å². The van der Waals surface area contributed by atoms with E-state index in [4.69, 9.17) is 24.8 Å². The molecule has 0 bridgehead atoms. The number of unbranched alkanes of at least 4 members (excludes halogenated alkanes) is 1. The summed E-state index contributed by atoms with van der Waals surface area (Å²) in [4.78, 5) is 86.0. The molecule has 0 heterocycles. The van der Waals surface area contributed by atoms with Crippen LogP contribution in [0.25, 0.3) is 0 Å². The number of aliphatic hydroxyl groups excluding tert-OH is 1.